The lowest BCUT2D eigenvalue weighted by Gasteiger charge is -2.22. The minimum absolute atomic E-state index is 0.255. The van der Waals surface area contributed by atoms with Gasteiger partial charge in [0, 0.05) is 18.0 Å². The van der Waals surface area contributed by atoms with Gasteiger partial charge in [0.15, 0.2) is 0 Å². The second kappa shape index (κ2) is 6.97. The van der Waals surface area contributed by atoms with Crippen LogP contribution in [0.3, 0.4) is 0 Å². The van der Waals surface area contributed by atoms with E-state index in [1.54, 1.807) is 44.3 Å². The molecule has 0 bridgehead atoms. The fourth-order valence-corrected chi connectivity index (χ4v) is 3.36. The number of hydrogen-bond donors (Lipinski definition) is 2. The van der Waals surface area contributed by atoms with E-state index in [2.05, 4.69) is 29.2 Å². The monoisotopic (exact) mass is 402 g/mol. The molecule has 0 saturated carbocycles. The Kier molecular flexibility index (Phi) is 4.56. The molecule has 0 aromatic carbocycles. The van der Waals surface area contributed by atoms with E-state index < -0.39 is 5.60 Å². The van der Waals surface area contributed by atoms with Crippen LogP contribution in [0.5, 0.6) is 0 Å². The number of nitriles is 1. The van der Waals surface area contributed by atoms with Crippen molar-refractivity contribution in [2.24, 2.45) is 0 Å². The maximum atomic E-state index is 13.0. The molecule has 152 valence electrons. The standard InChI is InChI=1S/C22H22N6O2/c1-13(2)17-11-27-12-18(16(22(3,4)30)8-20(27)25-17)26-21(29)19-6-5-15-7-14(9-23)10-24-28(15)19/h5-8,10-13,30H,1-4H3,(H,26,29). The summed E-state index contributed by atoms with van der Waals surface area (Å²) in [5, 5.41) is 26.8. The number of imidazole rings is 1. The largest absolute Gasteiger partial charge is 0.386 e. The van der Waals surface area contributed by atoms with Gasteiger partial charge in [0.05, 0.1) is 34.3 Å². The molecular weight excluding hydrogens is 380 g/mol. The Balaban J connectivity index is 1.77. The lowest BCUT2D eigenvalue weighted by atomic mass is 9.97. The fourth-order valence-electron chi connectivity index (χ4n) is 3.36. The Morgan fingerprint density at radius 1 is 1.27 bits per heavy atom. The average Bonchev–Trinajstić information content (AvgIpc) is 3.29. The number of nitrogens with one attached hydrogen (secondary N) is 1. The minimum Gasteiger partial charge on any atom is -0.386 e. The number of aromatic nitrogens is 4. The van der Waals surface area contributed by atoms with Crippen molar-refractivity contribution in [3.63, 3.8) is 0 Å². The Hall–Kier alpha value is -3.70. The van der Waals surface area contributed by atoms with Crippen LogP contribution in [-0.2, 0) is 5.60 Å². The summed E-state index contributed by atoms with van der Waals surface area (Å²) in [6.45, 7) is 7.45. The normalized spacial score (nSPS) is 11.9. The van der Waals surface area contributed by atoms with Crippen LogP contribution in [0.25, 0.3) is 11.2 Å². The number of rotatable bonds is 4. The SMILES string of the molecule is CC(C)c1cn2cc(NC(=O)c3ccc4cc(C#N)cnn34)c(C(C)(C)O)cc2n1. The minimum atomic E-state index is -1.19. The summed E-state index contributed by atoms with van der Waals surface area (Å²) in [6.07, 6.45) is 5.09. The zero-order chi connectivity index (χ0) is 21.6. The molecule has 0 fully saturated rings. The number of aliphatic hydroxyl groups is 1. The summed E-state index contributed by atoms with van der Waals surface area (Å²) in [4.78, 5) is 17.6. The maximum Gasteiger partial charge on any atom is 0.274 e. The van der Waals surface area contributed by atoms with Gasteiger partial charge in [-0.25, -0.2) is 9.50 Å². The van der Waals surface area contributed by atoms with Crippen LogP contribution < -0.4 is 5.32 Å². The highest BCUT2D eigenvalue weighted by Crippen LogP contribution is 2.30. The molecule has 4 aromatic rings. The molecule has 0 atom stereocenters. The van der Waals surface area contributed by atoms with E-state index in [0.29, 0.717) is 33.7 Å². The molecule has 0 radical (unpaired) electrons. The Bertz CT molecular complexity index is 1320. The van der Waals surface area contributed by atoms with Crippen LogP contribution in [0, 0.1) is 11.3 Å². The van der Waals surface area contributed by atoms with Gasteiger partial charge < -0.3 is 14.8 Å². The number of carbonyl (C=O) groups excluding carboxylic acids is 1. The van der Waals surface area contributed by atoms with Gasteiger partial charge in [0.2, 0.25) is 0 Å². The van der Waals surface area contributed by atoms with Gasteiger partial charge in [0.1, 0.15) is 17.4 Å². The molecule has 0 unspecified atom stereocenters. The number of hydrogen-bond acceptors (Lipinski definition) is 5. The van der Waals surface area contributed by atoms with Crippen molar-refractivity contribution in [3.8, 4) is 6.07 Å². The van der Waals surface area contributed by atoms with Crippen LogP contribution in [0.2, 0.25) is 0 Å². The third-order valence-corrected chi connectivity index (χ3v) is 4.97. The van der Waals surface area contributed by atoms with Crippen LogP contribution in [0.1, 0.15) is 60.9 Å². The molecule has 0 aliphatic carbocycles. The van der Waals surface area contributed by atoms with E-state index in [-0.39, 0.29) is 11.8 Å². The molecule has 4 heterocycles. The van der Waals surface area contributed by atoms with Gasteiger partial charge in [-0.05, 0) is 44.0 Å². The first kappa shape index (κ1) is 19.6. The van der Waals surface area contributed by atoms with Gasteiger partial charge in [-0.2, -0.15) is 10.4 Å². The van der Waals surface area contributed by atoms with E-state index >= 15 is 0 Å². The number of amides is 1. The molecule has 4 aromatic heterocycles. The van der Waals surface area contributed by atoms with Crippen molar-refractivity contribution >= 4 is 22.8 Å². The van der Waals surface area contributed by atoms with Crippen molar-refractivity contribution in [1.29, 1.82) is 5.26 Å². The predicted octanol–water partition coefficient (Wildman–Crippen LogP) is 3.46. The van der Waals surface area contributed by atoms with E-state index in [9.17, 15) is 9.90 Å². The van der Waals surface area contributed by atoms with E-state index in [0.717, 1.165) is 5.69 Å². The fraction of sp³-hybridized carbons (Fsp3) is 0.273. The molecule has 2 N–H and O–H groups in total. The van der Waals surface area contributed by atoms with Gasteiger partial charge in [0.25, 0.3) is 5.91 Å². The first-order valence-electron chi connectivity index (χ1n) is 9.62. The van der Waals surface area contributed by atoms with E-state index in [1.165, 1.54) is 10.7 Å². The first-order chi connectivity index (χ1) is 14.2. The maximum absolute atomic E-state index is 13.0. The van der Waals surface area contributed by atoms with Crippen LogP contribution in [-0.4, -0.2) is 30.0 Å². The molecule has 4 rings (SSSR count). The second-order valence-electron chi connectivity index (χ2n) is 8.11. The number of carbonyl (C=O) groups is 1. The van der Waals surface area contributed by atoms with Gasteiger partial charge in [-0.1, -0.05) is 13.8 Å². The van der Waals surface area contributed by atoms with E-state index in [4.69, 9.17) is 5.26 Å². The van der Waals surface area contributed by atoms with Crippen molar-refractivity contribution in [2.45, 2.75) is 39.2 Å². The highest BCUT2D eigenvalue weighted by Gasteiger charge is 2.24. The summed E-state index contributed by atoms with van der Waals surface area (Å²) in [6, 6.07) is 8.86. The molecule has 0 saturated heterocycles. The Morgan fingerprint density at radius 2 is 2.03 bits per heavy atom. The molecular formula is C22H22N6O2. The molecule has 8 nitrogen and oxygen atoms in total. The second-order valence-corrected chi connectivity index (χ2v) is 8.11. The molecule has 8 heteroatoms. The predicted molar refractivity (Wildman–Crippen MR) is 112 cm³/mol. The topological polar surface area (TPSA) is 108 Å². The molecule has 0 aliphatic heterocycles. The van der Waals surface area contributed by atoms with Gasteiger partial charge >= 0.3 is 0 Å². The first-order valence-corrected chi connectivity index (χ1v) is 9.62. The highest BCUT2D eigenvalue weighted by atomic mass is 16.3. The van der Waals surface area contributed by atoms with Crippen LogP contribution >= 0.6 is 0 Å². The number of pyridine rings is 1. The number of fused-ring (bicyclic) bond motifs is 2. The molecule has 30 heavy (non-hydrogen) atoms. The lowest BCUT2D eigenvalue weighted by Crippen LogP contribution is -2.22. The summed E-state index contributed by atoms with van der Waals surface area (Å²) < 4.78 is 3.32. The number of anilines is 1. The molecule has 1 amide bonds. The summed E-state index contributed by atoms with van der Waals surface area (Å²) in [5.41, 5.74) is 2.88. The van der Waals surface area contributed by atoms with Crippen LogP contribution in [0.15, 0.2) is 42.9 Å². The average molecular weight is 402 g/mol. The van der Waals surface area contributed by atoms with Crippen molar-refractivity contribution in [1.82, 2.24) is 19.0 Å². The van der Waals surface area contributed by atoms with E-state index in [1.807, 2.05) is 16.7 Å². The Labute approximate surface area is 173 Å². The zero-order valence-electron chi connectivity index (χ0n) is 17.2. The summed E-state index contributed by atoms with van der Waals surface area (Å²) >= 11 is 0. The number of nitrogens with zero attached hydrogens (tertiary/aromatic N) is 5. The van der Waals surface area contributed by atoms with Crippen molar-refractivity contribution in [3.05, 3.63) is 65.4 Å². The molecule has 0 aliphatic rings. The van der Waals surface area contributed by atoms with Crippen molar-refractivity contribution in [2.75, 3.05) is 5.32 Å². The quantitative estimate of drug-likeness (QED) is 0.543. The van der Waals surface area contributed by atoms with Gasteiger partial charge in [-0.15, -0.1) is 0 Å². The van der Waals surface area contributed by atoms with Crippen LogP contribution in [0.4, 0.5) is 5.69 Å². The van der Waals surface area contributed by atoms with Crippen molar-refractivity contribution < 1.29 is 9.90 Å². The summed E-state index contributed by atoms with van der Waals surface area (Å²) in [5.74, 6) is -0.119. The third kappa shape index (κ3) is 3.40. The third-order valence-electron chi connectivity index (χ3n) is 4.97. The summed E-state index contributed by atoms with van der Waals surface area (Å²) in [7, 11) is 0. The Morgan fingerprint density at radius 3 is 2.70 bits per heavy atom. The highest BCUT2D eigenvalue weighted by molar-refractivity contribution is 6.04. The zero-order valence-corrected chi connectivity index (χ0v) is 17.2. The van der Waals surface area contributed by atoms with Gasteiger partial charge in [-0.3, -0.25) is 4.79 Å². The molecule has 0 spiro atoms. The lowest BCUT2D eigenvalue weighted by molar-refractivity contribution is 0.0792. The smallest absolute Gasteiger partial charge is 0.274 e.